The number of carbonyl (C=O) groups is 1. The number of anilines is 2. The molecular weight excluding hydrogens is 238 g/mol. The van der Waals surface area contributed by atoms with Crippen molar-refractivity contribution in [1.82, 2.24) is 4.98 Å². The minimum atomic E-state index is -0.0315. The Bertz CT molecular complexity index is 595. The van der Waals surface area contributed by atoms with Gasteiger partial charge in [-0.25, -0.2) is 4.98 Å². The van der Waals surface area contributed by atoms with Gasteiger partial charge in [0.05, 0.1) is 12.1 Å². The fourth-order valence-corrected chi connectivity index (χ4v) is 1.92. The lowest BCUT2D eigenvalue weighted by Gasteiger charge is -2.17. The molecule has 1 heterocycles. The molecule has 0 unspecified atom stereocenters. The van der Waals surface area contributed by atoms with Gasteiger partial charge in [-0.05, 0) is 24.6 Å². The molecule has 4 nitrogen and oxygen atoms in total. The molecule has 0 spiro atoms. The Hall–Kier alpha value is -2.36. The standard InChI is InChI=1S/C15H17N3O/c1-11-5-3-6-12(9-11)10-14(19)18(2)15-13(16)7-4-8-17-15/h3-9H,10,16H2,1-2H3. The van der Waals surface area contributed by atoms with E-state index in [1.165, 1.54) is 4.90 Å². The van der Waals surface area contributed by atoms with Crippen LogP contribution in [0.5, 0.6) is 0 Å². The summed E-state index contributed by atoms with van der Waals surface area (Å²) in [7, 11) is 1.69. The monoisotopic (exact) mass is 255 g/mol. The van der Waals surface area contributed by atoms with Gasteiger partial charge in [0, 0.05) is 13.2 Å². The van der Waals surface area contributed by atoms with Crippen LogP contribution in [-0.4, -0.2) is 17.9 Å². The number of pyridine rings is 1. The maximum Gasteiger partial charge on any atom is 0.232 e. The Balaban J connectivity index is 2.14. The van der Waals surface area contributed by atoms with Gasteiger partial charge >= 0.3 is 0 Å². The second-order valence-corrected chi connectivity index (χ2v) is 4.53. The molecule has 98 valence electrons. The Morgan fingerprint density at radius 2 is 2.11 bits per heavy atom. The van der Waals surface area contributed by atoms with Crippen LogP contribution in [0, 0.1) is 6.92 Å². The molecular formula is C15H17N3O. The second kappa shape index (κ2) is 5.52. The van der Waals surface area contributed by atoms with E-state index in [0.29, 0.717) is 17.9 Å². The highest BCUT2D eigenvalue weighted by molar-refractivity contribution is 5.95. The van der Waals surface area contributed by atoms with Crippen LogP contribution in [0.15, 0.2) is 42.6 Å². The zero-order valence-electron chi connectivity index (χ0n) is 11.1. The van der Waals surface area contributed by atoms with Gasteiger partial charge in [-0.1, -0.05) is 29.8 Å². The lowest BCUT2D eigenvalue weighted by atomic mass is 10.1. The lowest BCUT2D eigenvalue weighted by molar-refractivity contribution is -0.117. The molecule has 0 aliphatic rings. The van der Waals surface area contributed by atoms with Gasteiger partial charge < -0.3 is 5.73 Å². The first kappa shape index (κ1) is 13.1. The number of aryl methyl sites for hydroxylation is 1. The van der Waals surface area contributed by atoms with Gasteiger partial charge in [0.25, 0.3) is 0 Å². The lowest BCUT2D eigenvalue weighted by Crippen LogP contribution is -2.29. The summed E-state index contributed by atoms with van der Waals surface area (Å²) in [6.07, 6.45) is 1.97. The van der Waals surface area contributed by atoms with Gasteiger partial charge in [-0.15, -0.1) is 0 Å². The van der Waals surface area contributed by atoms with E-state index in [9.17, 15) is 4.79 Å². The molecule has 0 atom stereocenters. The van der Waals surface area contributed by atoms with E-state index in [2.05, 4.69) is 4.98 Å². The van der Waals surface area contributed by atoms with Crippen molar-refractivity contribution in [3.8, 4) is 0 Å². The first-order valence-corrected chi connectivity index (χ1v) is 6.10. The van der Waals surface area contributed by atoms with Crippen molar-refractivity contribution in [2.45, 2.75) is 13.3 Å². The van der Waals surface area contributed by atoms with Crippen molar-refractivity contribution in [3.63, 3.8) is 0 Å². The fraction of sp³-hybridized carbons (Fsp3) is 0.200. The molecule has 1 aromatic carbocycles. The second-order valence-electron chi connectivity index (χ2n) is 4.53. The highest BCUT2D eigenvalue weighted by atomic mass is 16.2. The zero-order chi connectivity index (χ0) is 13.8. The van der Waals surface area contributed by atoms with Gasteiger partial charge in [-0.3, -0.25) is 9.69 Å². The van der Waals surface area contributed by atoms with Gasteiger partial charge in [-0.2, -0.15) is 0 Å². The van der Waals surface area contributed by atoms with Gasteiger partial charge in [0.2, 0.25) is 5.91 Å². The van der Waals surface area contributed by atoms with Crippen molar-refractivity contribution in [3.05, 3.63) is 53.7 Å². The summed E-state index contributed by atoms with van der Waals surface area (Å²) in [6.45, 7) is 2.01. The third kappa shape index (κ3) is 3.10. The number of likely N-dealkylation sites (N-methyl/N-ethyl adjacent to an activating group) is 1. The Morgan fingerprint density at radius 3 is 2.79 bits per heavy atom. The number of rotatable bonds is 3. The number of nitrogen functional groups attached to an aromatic ring is 1. The maximum absolute atomic E-state index is 12.2. The molecule has 1 amide bonds. The molecule has 0 radical (unpaired) electrons. The van der Waals surface area contributed by atoms with Crippen LogP contribution in [0.4, 0.5) is 11.5 Å². The number of aromatic nitrogens is 1. The summed E-state index contributed by atoms with van der Waals surface area (Å²) in [5, 5.41) is 0. The van der Waals surface area contributed by atoms with Crippen LogP contribution in [0.1, 0.15) is 11.1 Å². The summed E-state index contributed by atoms with van der Waals surface area (Å²) in [4.78, 5) is 17.8. The van der Waals surface area contributed by atoms with Crippen LogP contribution in [0.3, 0.4) is 0 Å². The average molecular weight is 255 g/mol. The molecule has 2 N–H and O–H groups in total. The van der Waals surface area contributed by atoms with Crippen LogP contribution in [0.25, 0.3) is 0 Å². The predicted molar refractivity (Wildman–Crippen MR) is 76.9 cm³/mol. The molecule has 0 saturated heterocycles. The average Bonchev–Trinajstić information content (AvgIpc) is 2.38. The van der Waals surface area contributed by atoms with Gasteiger partial charge in [0.15, 0.2) is 5.82 Å². The third-order valence-electron chi connectivity index (χ3n) is 2.95. The number of benzene rings is 1. The SMILES string of the molecule is Cc1cccc(CC(=O)N(C)c2ncccc2N)c1. The number of nitrogens with zero attached hydrogens (tertiary/aromatic N) is 2. The molecule has 4 heteroatoms. The molecule has 2 aromatic rings. The fourth-order valence-electron chi connectivity index (χ4n) is 1.92. The first-order chi connectivity index (χ1) is 9.08. The normalized spacial score (nSPS) is 10.2. The molecule has 0 aliphatic carbocycles. The predicted octanol–water partition coefficient (Wildman–Crippen LogP) is 2.18. The summed E-state index contributed by atoms with van der Waals surface area (Å²) >= 11 is 0. The van der Waals surface area contributed by atoms with Crippen molar-refractivity contribution >= 4 is 17.4 Å². The van der Waals surface area contributed by atoms with Gasteiger partial charge in [0.1, 0.15) is 0 Å². The molecule has 2 rings (SSSR count). The largest absolute Gasteiger partial charge is 0.396 e. The molecule has 0 aliphatic heterocycles. The van der Waals surface area contributed by atoms with E-state index < -0.39 is 0 Å². The van der Waals surface area contributed by atoms with Crippen molar-refractivity contribution in [1.29, 1.82) is 0 Å². The van der Waals surface area contributed by atoms with Crippen LogP contribution < -0.4 is 10.6 Å². The van der Waals surface area contributed by atoms with Crippen molar-refractivity contribution in [2.75, 3.05) is 17.7 Å². The zero-order valence-corrected chi connectivity index (χ0v) is 11.1. The minimum Gasteiger partial charge on any atom is -0.396 e. The van der Waals surface area contributed by atoms with E-state index in [-0.39, 0.29) is 5.91 Å². The van der Waals surface area contributed by atoms with E-state index in [1.54, 1.807) is 25.4 Å². The van der Waals surface area contributed by atoms with Crippen molar-refractivity contribution in [2.24, 2.45) is 0 Å². The highest BCUT2D eigenvalue weighted by Crippen LogP contribution is 2.18. The molecule has 0 fully saturated rings. The molecule has 0 bridgehead atoms. The third-order valence-corrected chi connectivity index (χ3v) is 2.95. The molecule has 1 aromatic heterocycles. The topological polar surface area (TPSA) is 59.2 Å². The minimum absolute atomic E-state index is 0.0315. The van der Waals surface area contributed by atoms with Crippen LogP contribution in [-0.2, 0) is 11.2 Å². The summed E-state index contributed by atoms with van der Waals surface area (Å²) < 4.78 is 0. The van der Waals surface area contributed by atoms with Crippen molar-refractivity contribution < 1.29 is 4.79 Å². The Labute approximate surface area is 112 Å². The number of amides is 1. The summed E-state index contributed by atoms with van der Waals surface area (Å²) in [6, 6.07) is 11.4. The first-order valence-electron chi connectivity index (χ1n) is 6.10. The summed E-state index contributed by atoms with van der Waals surface area (Å²) in [5.74, 6) is 0.469. The summed E-state index contributed by atoms with van der Waals surface area (Å²) in [5.41, 5.74) is 8.46. The van der Waals surface area contributed by atoms with Crippen LogP contribution >= 0.6 is 0 Å². The maximum atomic E-state index is 12.2. The Kier molecular flexibility index (Phi) is 3.80. The highest BCUT2D eigenvalue weighted by Gasteiger charge is 2.14. The van der Waals surface area contributed by atoms with E-state index in [0.717, 1.165) is 11.1 Å². The van der Waals surface area contributed by atoms with E-state index >= 15 is 0 Å². The molecule has 0 saturated carbocycles. The van der Waals surface area contributed by atoms with E-state index in [4.69, 9.17) is 5.73 Å². The molecule has 19 heavy (non-hydrogen) atoms. The number of hydrogen-bond acceptors (Lipinski definition) is 3. The number of carbonyl (C=O) groups excluding carboxylic acids is 1. The smallest absolute Gasteiger partial charge is 0.232 e. The Morgan fingerprint density at radius 1 is 1.32 bits per heavy atom. The number of hydrogen-bond donors (Lipinski definition) is 1. The number of nitrogens with two attached hydrogens (primary N) is 1. The van der Waals surface area contributed by atoms with Crippen LogP contribution in [0.2, 0.25) is 0 Å². The quantitative estimate of drug-likeness (QED) is 0.914. The van der Waals surface area contributed by atoms with E-state index in [1.807, 2.05) is 31.2 Å².